The van der Waals surface area contributed by atoms with Gasteiger partial charge in [0.15, 0.2) is 5.84 Å². The minimum Gasteiger partial charge on any atom is -0.480 e. The Morgan fingerprint density at radius 3 is 3.00 bits per heavy atom. The number of hydrazone groups is 1. The van der Waals surface area contributed by atoms with Gasteiger partial charge < -0.3 is 15.9 Å². The molecule has 1 aromatic rings. The molecule has 0 spiro atoms. The summed E-state index contributed by atoms with van der Waals surface area (Å²) in [4.78, 5) is 7.91. The Labute approximate surface area is 75.8 Å². The van der Waals surface area contributed by atoms with Crippen molar-refractivity contribution in [1.29, 1.82) is 0 Å². The van der Waals surface area contributed by atoms with E-state index in [0.717, 1.165) is 0 Å². The van der Waals surface area contributed by atoms with Crippen molar-refractivity contribution in [3.63, 3.8) is 0 Å². The molecule has 3 N–H and O–H groups in total. The van der Waals surface area contributed by atoms with Gasteiger partial charge in [-0.2, -0.15) is 5.10 Å². The highest BCUT2D eigenvalue weighted by Gasteiger charge is 2.01. The van der Waals surface area contributed by atoms with Crippen LogP contribution < -0.4 is 15.9 Å². The van der Waals surface area contributed by atoms with Gasteiger partial charge in [0.2, 0.25) is 5.88 Å². The molecule has 0 radical (unpaired) electrons. The molecule has 0 fully saturated rings. The van der Waals surface area contributed by atoms with Crippen LogP contribution in [-0.4, -0.2) is 30.0 Å². The lowest BCUT2D eigenvalue weighted by molar-refractivity contribution is 0.395. The van der Waals surface area contributed by atoms with Crippen LogP contribution in [0.4, 0.5) is 0 Å². The molecule has 0 bridgehead atoms. The fraction of sp³-hybridized carbons (Fsp3) is 0.286. The smallest absolute Gasteiger partial charge is 0.232 e. The van der Waals surface area contributed by atoms with Crippen LogP contribution in [0.25, 0.3) is 0 Å². The van der Waals surface area contributed by atoms with Crippen molar-refractivity contribution in [3.8, 4) is 5.88 Å². The number of methoxy groups -OCH3 is 1. The summed E-state index contributed by atoms with van der Waals surface area (Å²) in [5, 5.41) is 3.76. The number of amidine groups is 1. The first-order chi connectivity index (χ1) is 6.27. The lowest BCUT2D eigenvalue weighted by atomic mass is 10.4. The lowest BCUT2D eigenvalue weighted by Gasteiger charge is -2.01. The third-order valence-electron chi connectivity index (χ3n) is 1.32. The van der Waals surface area contributed by atoms with Crippen LogP contribution in [0.5, 0.6) is 5.88 Å². The molecule has 6 nitrogen and oxygen atoms in total. The van der Waals surface area contributed by atoms with Gasteiger partial charge in [0.25, 0.3) is 0 Å². The van der Waals surface area contributed by atoms with Gasteiger partial charge in [0, 0.05) is 7.05 Å². The first-order valence-electron chi connectivity index (χ1n) is 3.64. The molecule has 0 unspecified atom stereocenters. The van der Waals surface area contributed by atoms with Crippen molar-refractivity contribution in [2.45, 2.75) is 0 Å². The highest BCUT2D eigenvalue weighted by Crippen LogP contribution is 2.02. The van der Waals surface area contributed by atoms with Crippen LogP contribution >= 0.6 is 0 Å². The van der Waals surface area contributed by atoms with E-state index in [2.05, 4.69) is 20.5 Å². The zero-order valence-electron chi connectivity index (χ0n) is 7.48. The molecule has 13 heavy (non-hydrogen) atoms. The van der Waals surface area contributed by atoms with Crippen molar-refractivity contribution in [3.05, 3.63) is 18.1 Å². The first kappa shape index (κ1) is 9.24. The number of hydrogen-bond donors (Lipinski definition) is 2. The molecule has 70 valence electrons. The Morgan fingerprint density at radius 2 is 2.38 bits per heavy atom. The topological polar surface area (TPSA) is 85.4 Å². The SMILES string of the molecule is CN/N=C(\N)c1cncc(OC)n1. The predicted octanol–water partition coefficient (Wildman–Crippen LogP) is -0.675. The highest BCUT2D eigenvalue weighted by atomic mass is 16.5. The number of nitrogens with two attached hydrogens (primary N) is 1. The number of nitrogens with zero attached hydrogens (tertiary/aromatic N) is 3. The van der Waals surface area contributed by atoms with Gasteiger partial charge in [-0.1, -0.05) is 0 Å². The number of nitrogens with one attached hydrogen (secondary N) is 1. The van der Waals surface area contributed by atoms with E-state index in [0.29, 0.717) is 11.6 Å². The lowest BCUT2D eigenvalue weighted by Crippen LogP contribution is -2.19. The third-order valence-corrected chi connectivity index (χ3v) is 1.32. The Morgan fingerprint density at radius 1 is 1.62 bits per heavy atom. The fourth-order valence-corrected chi connectivity index (χ4v) is 0.748. The van der Waals surface area contributed by atoms with Crippen LogP contribution in [-0.2, 0) is 0 Å². The van der Waals surface area contributed by atoms with Gasteiger partial charge in [-0.3, -0.25) is 4.98 Å². The largest absolute Gasteiger partial charge is 0.480 e. The van der Waals surface area contributed by atoms with E-state index >= 15 is 0 Å². The molecule has 0 aliphatic heterocycles. The summed E-state index contributed by atoms with van der Waals surface area (Å²) >= 11 is 0. The van der Waals surface area contributed by atoms with Gasteiger partial charge in [-0.05, 0) is 0 Å². The quantitative estimate of drug-likeness (QED) is 0.367. The van der Waals surface area contributed by atoms with Crippen LogP contribution in [0, 0.1) is 0 Å². The summed E-state index contributed by atoms with van der Waals surface area (Å²) in [7, 11) is 3.17. The van der Waals surface area contributed by atoms with Gasteiger partial charge in [0.1, 0.15) is 5.69 Å². The van der Waals surface area contributed by atoms with Crippen molar-refractivity contribution in [2.75, 3.05) is 14.2 Å². The molecule has 0 saturated heterocycles. The average molecular weight is 181 g/mol. The average Bonchev–Trinajstić information content (AvgIpc) is 2.18. The molecule has 1 aromatic heterocycles. The van der Waals surface area contributed by atoms with Crippen LogP contribution in [0.1, 0.15) is 5.69 Å². The summed E-state index contributed by atoms with van der Waals surface area (Å²) in [6, 6.07) is 0. The molecular weight excluding hydrogens is 170 g/mol. The van der Waals surface area contributed by atoms with E-state index < -0.39 is 0 Å². The van der Waals surface area contributed by atoms with Crippen LogP contribution in [0.15, 0.2) is 17.5 Å². The zero-order chi connectivity index (χ0) is 9.68. The Balaban J connectivity index is 2.94. The highest BCUT2D eigenvalue weighted by molar-refractivity contribution is 5.95. The molecule has 0 aromatic carbocycles. The minimum atomic E-state index is 0.272. The molecule has 0 aliphatic rings. The number of aromatic nitrogens is 2. The monoisotopic (exact) mass is 181 g/mol. The van der Waals surface area contributed by atoms with Crippen molar-refractivity contribution in [1.82, 2.24) is 15.4 Å². The number of rotatable bonds is 3. The van der Waals surface area contributed by atoms with Crippen molar-refractivity contribution >= 4 is 5.84 Å². The molecule has 0 aliphatic carbocycles. The van der Waals surface area contributed by atoms with Gasteiger partial charge >= 0.3 is 0 Å². The molecule has 0 amide bonds. The van der Waals surface area contributed by atoms with E-state index in [1.54, 1.807) is 7.05 Å². The molecule has 0 saturated carbocycles. The van der Waals surface area contributed by atoms with Crippen molar-refractivity contribution in [2.24, 2.45) is 10.8 Å². The third kappa shape index (κ3) is 2.29. The van der Waals surface area contributed by atoms with Crippen LogP contribution in [0.3, 0.4) is 0 Å². The number of hydrogen-bond acceptors (Lipinski definition) is 5. The zero-order valence-corrected chi connectivity index (χ0v) is 7.48. The van der Waals surface area contributed by atoms with E-state index in [4.69, 9.17) is 10.5 Å². The molecule has 6 heteroatoms. The standard InChI is InChI=1S/C7H11N5O/c1-9-12-7(8)5-3-10-4-6(11-5)13-2/h3-4,9H,1-2H3,(H2,8,12). The maximum Gasteiger partial charge on any atom is 0.232 e. The second kappa shape index (κ2) is 4.24. The maximum atomic E-state index is 5.56. The van der Waals surface area contributed by atoms with Gasteiger partial charge in [-0.25, -0.2) is 4.98 Å². The fourth-order valence-electron chi connectivity index (χ4n) is 0.748. The minimum absolute atomic E-state index is 0.272. The van der Waals surface area contributed by atoms with E-state index in [-0.39, 0.29) is 5.84 Å². The van der Waals surface area contributed by atoms with E-state index in [9.17, 15) is 0 Å². The predicted molar refractivity (Wildman–Crippen MR) is 48.4 cm³/mol. The van der Waals surface area contributed by atoms with E-state index in [1.165, 1.54) is 19.5 Å². The molecule has 1 rings (SSSR count). The van der Waals surface area contributed by atoms with Crippen molar-refractivity contribution < 1.29 is 4.74 Å². The maximum absolute atomic E-state index is 5.56. The summed E-state index contributed by atoms with van der Waals surface area (Å²) in [6.07, 6.45) is 3.01. The second-order valence-corrected chi connectivity index (χ2v) is 2.17. The number of ether oxygens (including phenoxy) is 1. The normalized spacial score (nSPS) is 11.1. The summed E-state index contributed by atoms with van der Waals surface area (Å²) in [6.45, 7) is 0. The Hall–Kier alpha value is -1.85. The van der Waals surface area contributed by atoms with E-state index in [1.807, 2.05) is 0 Å². The Kier molecular flexibility index (Phi) is 3.02. The first-order valence-corrected chi connectivity index (χ1v) is 3.64. The second-order valence-electron chi connectivity index (χ2n) is 2.17. The molecule has 0 atom stereocenters. The Bertz CT molecular complexity index is 312. The van der Waals surface area contributed by atoms with Gasteiger partial charge in [0.05, 0.1) is 19.5 Å². The summed E-state index contributed by atoms with van der Waals surface area (Å²) < 4.78 is 4.88. The summed E-state index contributed by atoms with van der Waals surface area (Å²) in [5.74, 6) is 0.681. The van der Waals surface area contributed by atoms with Gasteiger partial charge in [-0.15, -0.1) is 0 Å². The molecule has 1 heterocycles. The van der Waals surface area contributed by atoms with Crippen LogP contribution in [0.2, 0.25) is 0 Å². The molecular formula is C7H11N5O. The summed E-state index contributed by atoms with van der Waals surface area (Å²) in [5.41, 5.74) is 8.60.